The quantitative estimate of drug-likeness (QED) is 0.870. The lowest BCUT2D eigenvalue weighted by Gasteiger charge is -2.23. The Morgan fingerprint density at radius 2 is 2.05 bits per heavy atom. The van der Waals surface area contributed by atoms with Crippen LogP contribution < -0.4 is 16.0 Å². The summed E-state index contributed by atoms with van der Waals surface area (Å²) in [6.45, 7) is 5.76. The molecule has 1 aliphatic rings. The van der Waals surface area contributed by atoms with E-state index in [1.807, 2.05) is 45.0 Å². The van der Waals surface area contributed by atoms with Crippen molar-refractivity contribution >= 4 is 17.5 Å². The molecule has 0 saturated carbocycles. The van der Waals surface area contributed by atoms with Gasteiger partial charge in [0, 0.05) is 11.7 Å². The highest BCUT2D eigenvalue weighted by molar-refractivity contribution is 5.99. The van der Waals surface area contributed by atoms with Gasteiger partial charge in [0.25, 0.3) is 0 Å². The van der Waals surface area contributed by atoms with Crippen molar-refractivity contribution in [3.05, 3.63) is 29.8 Å². The Morgan fingerprint density at radius 3 is 2.71 bits per heavy atom. The number of amides is 2. The highest BCUT2D eigenvalue weighted by atomic mass is 16.2. The van der Waals surface area contributed by atoms with Crippen molar-refractivity contribution in [3.8, 4) is 0 Å². The first kappa shape index (κ1) is 15.5. The van der Waals surface area contributed by atoms with E-state index in [2.05, 4.69) is 5.32 Å². The lowest BCUT2D eigenvalue weighted by Crippen LogP contribution is -2.48. The first-order valence-electron chi connectivity index (χ1n) is 7.35. The van der Waals surface area contributed by atoms with Gasteiger partial charge in [-0.25, -0.2) is 0 Å². The maximum atomic E-state index is 12.4. The molecule has 2 rings (SSSR count). The number of para-hydroxylation sites is 1. The van der Waals surface area contributed by atoms with Gasteiger partial charge >= 0.3 is 0 Å². The Hall–Kier alpha value is -1.88. The molecule has 0 bridgehead atoms. The molecule has 1 aliphatic heterocycles. The number of anilines is 1. The van der Waals surface area contributed by atoms with Crippen LogP contribution in [0.3, 0.4) is 0 Å². The molecule has 0 saturated heterocycles. The van der Waals surface area contributed by atoms with Crippen molar-refractivity contribution in [2.75, 3.05) is 11.4 Å². The van der Waals surface area contributed by atoms with E-state index in [4.69, 9.17) is 5.73 Å². The minimum absolute atomic E-state index is 0.0159. The van der Waals surface area contributed by atoms with E-state index in [0.29, 0.717) is 0 Å². The summed E-state index contributed by atoms with van der Waals surface area (Å²) in [6, 6.07) is 7.41. The molecule has 0 spiro atoms. The summed E-state index contributed by atoms with van der Waals surface area (Å²) >= 11 is 0. The average Bonchev–Trinajstić information content (AvgIpc) is 2.79. The first-order chi connectivity index (χ1) is 9.91. The van der Waals surface area contributed by atoms with Gasteiger partial charge in [-0.1, -0.05) is 32.0 Å². The Labute approximate surface area is 125 Å². The van der Waals surface area contributed by atoms with Crippen LogP contribution in [0.2, 0.25) is 0 Å². The molecule has 1 aromatic carbocycles. The number of rotatable bonds is 4. The van der Waals surface area contributed by atoms with Gasteiger partial charge in [-0.15, -0.1) is 0 Å². The fourth-order valence-electron chi connectivity index (χ4n) is 2.61. The van der Waals surface area contributed by atoms with Crippen molar-refractivity contribution in [1.29, 1.82) is 0 Å². The zero-order valence-corrected chi connectivity index (χ0v) is 12.8. The van der Waals surface area contributed by atoms with Crippen molar-refractivity contribution in [1.82, 2.24) is 5.32 Å². The number of hydrogen-bond acceptors (Lipinski definition) is 3. The topological polar surface area (TPSA) is 75.4 Å². The molecule has 0 aromatic heterocycles. The SMILES string of the molecule is CC(C)[C@H](N)C(=O)NCC(=O)N1c2ccccc2CC1C. The highest BCUT2D eigenvalue weighted by Crippen LogP contribution is 2.31. The third-order valence-electron chi connectivity index (χ3n) is 3.91. The molecule has 21 heavy (non-hydrogen) atoms. The molecule has 2 amide bonds. The number of carbonyl (C=O) groups excluding carboxylic acids is 2. The standard InChI is InChI=1S/C16H23N3O2/c1-10(2)15(17)16(21)18-9-14(20)19-11(3)8-12-6-4-5-7-13(12)19/h4-7,10-11,15H,8-9,17H2,1-3H3,(H,18,21)/t11?,15-/m0/s1. The molecule has 5 heteroatoms. The number of nitrogens with two attached hydrogens (primary N) is 1. The zero-order chi connectivity index (χ0) is 15.6. The van der Waals surface area contributed by atoms with Gasteiger partial charge in [-0.05, 0) is 30.9 Å². The minimum Gasteiger partial charge on any atom is -0.346 e. The van der Waals surface area contributed by atoms with E-state index in [1.54, 1.807) is 4.90 Å². The van der Waals surface area contributed by atoms with Gasteiger partial charge in [0.1, 0.15) is 0 Å². The van der Waals surface area contributed by atoms with Crippen LogP contribution in [0.1, 0.15) is 26.3 Å². The summed E-state index contributed by atoms with van der Waals surface area (Å²) in [5.74, 6) is -0.332. The van der Waals surface area contributed by atoms with Crippen LogP contribution in [-0.2, 0) is 16.0 Å². The molecule has 5 nitrogen and oxygen atoms in total. The van der Waals surface area contributed by atoms with Gasteiger partial charge in [-0.2, -0.15) is 0 Å². The number of benzene rings is 1. The van der Waals surface area contributed by atoms with Crippen LogP contribution in [-0.4, -0.2) is 30.4 Å². The van der Waals surface area contributed by atoms with E-state index >= 15 is 0 Å². The minimum atomic E-state index is -0.582. The number of fused-ring (bicyclic) bond motifs is 1. The van der Waals surface area contributed by atoms with Crippen molar-refractivity contribution < 1.29 is 9.59 Å². The summed E-state index contributed by atoms with van der Waals surface area (Å²) in [5.41, 5.74) is 7.88. The predicted octanol–water partition coefficient (Wildman–Crippen LogP) is 1.06. The fourth-order valence-corrected chi connectivity index (χ4v) is 2.61. The summed E-state index contributed by atoms with van der Waals surface area (Å²) in [6.07, 6.45) is 0.849. The van der Waals surface area contributed by atoms with Crippen LogP contribution in [0, 0.1) is 5.92 Å². The van der Waals surface area contributed by atoms with Crippen LogP contribution in [0.4, 0.5) is 5.69 Å². The molecule has 1 heterocycles. The third-order valence-corrected chi connectivity index (χ3v) is 3.91. The Kier molecular flexibility index (Phi) is 4.63. The number of nitrogens with zero attached hydrogens (tertiary/aromatic N) is 1. The monoisotopic (exact) mass is 289 g/mol. The molecule has 2 atom stereocenters. The van der Waals surface area contributed by atoms with Gasteiger partial charge in [0.2, 0.25) is 11.8 Å². The van der Waals surface area contributed by atoms with E-state index in [0.717, 1.165) is 12.1 Å². The summed E-state index contributed by atoms with van der Waals surface area (Å²) in [5, 5.41) is 2.64. The van der Waals surface area contributed by atoms with Crippen molar-refractivity contribution in [3.63, 3.8) is 0 Å². The van der Waals surface area contributed by atoms with Crippen molar-refractivity contribution in [2.45, 2.75) is 39.3 Å². The van der Waals surface area contributed by atoms with Crippen LogP contribution in [0.15, 0.2) is 24.3 Å². The molecule has 114 valence electrons. The van der Waals surface area contributed by atoms with Crippen LogP contribution in [0.25, 0.3) is 0 Å². The van der Waals surface area contributed by atoms with E-state index in [-0.39, 0.29) is 30.3 Å². The summed E-state index contributed by atoms with van der Waals surface area (Å²) < 4.78 is 0. The third kappa shape index (κ3) is 3.24. The maximum absolute atomic E-state index is 12.4. The maximum Gasteiger partial charge on any atom is 0.246 e. The van der Waals surface area contributed by atoms with Gasteiger partial charge in [0.15, 0.2) is 0 Å². The lowest BCUT2D eigenvalue weighted by molar-refractivity contribution is -0.126. The van der Waals surface area contributed by atoms with Gasteiger partial charge in [0.05, 0.1) is 12.6 Å². The predicted molar refractivity (Wildman–Crippen MR) is 82.9 cm³/mol. The number of nitrogens with one attached hydrogen (secondary N) is 1. The molecule has 3 N–H and O–H groups in total. The van der Waals surface area contributed by atoms with E-state index in [1.165, 1.54) is 5.56 Å². The number of hydrogen-bond donors (Lipinski definition) is 2. The normalized spacial score (nSPS) is 18.5. The van der Waals surface area contributed by atoms with E-state index < -0.39 is 6.04 Å². The van der Waals surface area contributed by atoms with Gasteiger partial charge in [-0.3, -0.25) is 9.59 Å². The van der Waals surface area contributed by atoms with E-state index in [9.17, 15) is 9.59 Å². The second-order valence-electron chi connectivity index (χ2n) is 5.93. The number of carbonyl (C=O) groups is 2. The van der Waals surface area contributed by atoms with Crippen LogP contribution >= 0.6 is 0 Å². The molecule has 1 unspecified atom stereocenters. The lowest BCUT2D eigenvalue weighted by atomic mass is 10.1. The second kappa shape index (κ2) is 6.26. The molecule has 0 fully saturated rings. The Bertz CT molecular complexity index is 542. The largest absolute Gasteiger partial charge is 0.346 e. The molecule has 0 radical (unpaired) electrons. The molecule has 1 aromatic rings. The van der Waals surface area contributed by atoms with Crippen LogP contribution in [0.5, 0.6) is 0 Å². The first-order valence-corrected chi connectivity index (χ1v) is 7.35. The van der Waals surface area contributed by atoms with Crippen molar-refractivity contribution in [2.24, 2.45) is 11.7 Å². The molecule has 0 aliphatic carbocycles. The molecular formula is C16H23N3O2. The Balaban J connectivity index is 2.00. The fraction of sp³-hybridized carbons (Fsp3) is 0.500. The zero-order valence-electron chi connectivity index (χ0n) is 12.8. The summed E-state index contributed by atoms with van der Waals surface area (Å²) in [4.78, 5) is 26.0. The average molecular weight is 289 g/mol. The van der Waals surface area contributed by atoms with Gasteiger partial charge < -0.3 is 16.0 Å². The smallest absolute Gasteiger partial charge is 0.246 e. The highest BCUT2D eigenvalue weighted by Gasteiger charge is 2.30. The molecular weight excluding hydrogens is 266 g/mol. The summed E-state index contributed by atoms with van der Waals surface area (Å²) in [7, 11) is 0. The Morgan fingerprint density at radius 1 is 1.38 bits per heavy atom. The second-order valence-corrected chi connectivity index (χ2v) is 5.93.